The predicted octanol–water partition coefficient (Wildman–Crippen LogP) is 2.61. The molecule has 5 heteroatoms. The van der Waals surface area contributed by atoms with E-state index in [1.165, 1.54) is 0 Å². The number of hydrogen-bond acceptors (Lipinski definition) is 4. The summed E-state index contributed by atoms with van der Waals surface area (Å²) >= 11 is 1.57. The third-order valence-electron chi connectivity index (χ3n) is 3.10. The highest BCUT2D eigenvalue weighted by Gasteiger charge is 2.06. The van der Waals surface area contributed by atoms with Crippen LogP contribution in [0.3, 0.4) is 0 Å². The Balaban J connectivity index is 2.03. The number of hydrogen-bond donors (Lipinski definition) is 1. The Morgan fingerprint density at radius 1 is 1.37 bits per heavy atom. The molecule has 0 aliphatic carbocycles. The molecule has 4 nitrogen and oxygen atoms in total. The zero-order valence-corrected chi connectivity index (χ0v) is 11.3. The summed E-state index contributed by atoms with van der Waals surface area (Å²) < 4.78 is 1.66. The van der Waals surface area contributed by atoms with Crippen molar-refractivity contribution in [2.45, 2.75) is 6.54 Å². The first-order chi connectivity index (χ1) is 9.25. The minimum Gasteiger partial charge on any atom is -0.379 e. The fourth-order valence-electron chi connectivity index (χ4n) is 2.07. The second kappa shape index (κ2) is 4.85. The Morgan fingerprint density at radius 2 is 2.21 bits per heavy atom. The SMILES string of the molecule is Cn1c(=O)cc(NCc2cscn2)c2ccccc21. The largest absolute Gasteiger partial charge is 0.379 e. The monoisotopic (exact) mass is 271 g/mol. The number of nitrogens with zero attached hydrogens (tertiary/aromatic N) is 2. The van der Waals surface area contributed by atoms with Gasteiger partial charge in [-0.2, -0.15) is 0 Å². The van der Waals surface area contributed by atoms with Crippen LogP contribution in [0.25, 0.3) is 10.9 Å². The van der Waals surface area contributed by atoms with E-state index in [4.69, 9.17) is 0 Å². The van der Waals surface area contributed by atoms with Gasteiger partial charge in [0.15, 0.2) is 0 Å². The minimum absolute atomic E-state index is 0.0144. The molecular weight excluding hydrogens is 258 g/mol. The number of nitrogens with one attached hydrogen (secondary N) is 1. The van der Waals surface area contributed by atoms with Crippen molar-refractivity contribution >= 4 is 27.9 Å². The maximum atomic E-state index is 11.9. The van der Waals surface area contributed by atoms with Crippen molar-refractivity contribution in [3.8, 4) is 0 Å². The minimum atomic E-state index is -0.0144. The van der Waals surface area contributed by atoms with Crippen molar-refractivity contribution in [3.05, 3.63) is 57.3 Å². The number of aryl methyl sites for hydroxylation is 1. The van der Waals surface area contributed by atoms with Gasteiger partial charge in [-0.15, -0.1) is 11.3 Å². The van der Waals surface area contributed by atoms with E-state index >= 15 is 0 Å². The second-order valence-corrected chi connectivity index (χ2v) is 5.02. The van der Waals surface area contributed by atoms with Crippen LogP contribution in [0, 0.1) is 0 Å². The summed E-state index contributed by atoms with van der Waals surface area (Å²) in [6.45, 7) is 0.626. The molecule has 0 amide bonds. The van der Waals surface area contributed by atoms with Crippen LogP contribution in [0.1, 0.15) is 5.69 Å². The zero-order chi connectivity index (χ0) is 13.2. The van der Waals surface area contributed by atoms with Crippen LogP contribution in [-0.2, 0) is 13.6 Å². The molecule has 0 spiro atoms. The number of fused-ring (bicyclic) bond motifs is 1. The molecule has 3 aromatic rings. The number of anilines is 1. The molecule has 19 heavy (non-hydrogen) atoms. The maximum Gasteiger partial charge on any atom is 0.252 e. The molecule has 1 N–H and O–H groups in total. The van der Waals surface area contributed by atoms with Gasteiger partial charge >= 0.3 is 0 Å². The van der Waals surface area contributed by atoms with Crippen LogP contribution in [0.5, 0.6) is 0 Å². The lowest BCUT2D eigenvalue weighted by atomic mass is 10.2. The molecular formula is C14H13N3OS. The van der Waals surface area contributed by atoms with Crippen LogP contribution in [0.4, 0.5) is 5.69 Å². The number of benzene rings is 1. The van der Waals surface area contributed by atoms with E-state index in [1.807, 2.05) is 29.6 Å². The zero-order valence-electron chi connectivity index (χ0n) is 10.5. The second-order valence-electron chi connectivity index (χ2n) is 4.31. The molecule has 96 valence electrons. The van der Waals surface area contributed by atoms with Crippen LogP contribution in [-0.4, -0.2) is 9.55 Å². The molecule has 2 heterocycles. The highest BCUT2D eigenvalue weighted by molar-refractivity contribution is 7.07. The van der Waals surface area contributed by atoms with Gasteiger partial charge in [0.05, 0.1) is 23.3 Å². The summed E-state index contributed by atoms with van der Waals surface area (Å²) in [7, 11) is 1.79. The summed E-state index contributed by atoms with van der Waals surface area (Å²) in [5.41, 5.74) is 4.55. The molecule has 0 bridgehead atoms. The Bertz CT molecular complexity index is 762. The Labute approximate surface area is 114 Å². The van der Waals surface area contributed by atoms with Gasteiger partial charge in [-0.05, 0) is 6.07 Å². The van der Waals surface area contributed by atoms with E-state index in [2.05, 4.69) is 10.3 Å². The number of aromatic nitrogens is 2. The highest BCUT2D eigenvalue weighted by Crippen LogP contribution is 2.21. The topological polar surface area (TPSA) is 46.9 Å². The molecule has 0 fully saturated rings. The third-order valence-corrected chi connectivity index (χ3v) is 3.73. The number of thiazole rings is 1. The van der Waals surface area contributed by atoms with E-state index in [9.17, 15) is 4.79 Å². The molecule has 0 radical (unpaired) electrons. The van der Waals surface area contributed by atoms with Crippen LogP contribution in [0.2, 0.25) is 0 Å². The Morgan fingerprint density at radius 3 is 3.00 bits per heavy atom. The maximum absolute atomic E-state index is 11.9. The summed E-state index contributed by atoms with van der Waals surface area (Å²) in [6.07, 6.45) is 0. The first kappa shape index (κ1) is 11.9. The van der Waals surface area contributed by atoms with Crippen LogP contribution >= 0.6 is 11.3 Å². The highest BCUT2D eigenvalue weighted by atomic mass is 32.1. The lowest BCUT2D eigenvalue weighted by Gasteiger charge is -2.11. The summed E-state index contributed by atoms with van der Waals surface area (Å²) in [6, 6.07) is 9.50. The van der Waals surface area contributed by atoms with Crippen molar-refractivity contribution in [1.82, 2.24) is 9.55 Å². The van der Waals surface area contributed by atoms with E-state index in [1.54, 1.807) is 34.5 Å². The standard InChI is InChI=1S/C14H13N3OS/c1-17-13-5-3-2-4-11(13)12(6-14(17)18)15-7-10-8-19-9-16-10/h2-6,8-9,15H,7H2,1H3. The van der Waals surface area contributed by atoms with Crippen molar-refractivity contribution in [2.24, 2.45) is 7.05 Å². The van der Waals surface area contributed by atoms with Crippen LogP contribution in [0.15, 0.2) is 46.0 Å². The van der Waals surface area contributed by atoms with E-state index in [0.717, 1.165) is 22.3 Å². The van der Waals surface area contributed by atoms with Gasteiger partial charge < -0.3 is 9.88 Å². The Kier molecular flexibility index (Phi) is 3.05. The summed E-state index contributed by atoms with van der Waals surface area (Å²) in [5, 5.41) is 6.33. The van der Waals surface area contributed by atoms with Crippen molar-refractivity contribution < 1.29 is 0 Å². The molecule has 0 unspecified atom stereocenters. The summed E-state index contributed by atoms with van der Waals surface area (Å²) in [4.78, 5) is 16.1. The van der Waals surface area contributed by atoms with E-state index in [0.29, 0.717) is 6.54 Å². The van der Waals surface area contributed by atoms with Gasteiger partial charge in [0.2, 0.25) is 0 Å². The first-order valence-electron chi connectivity index (χ1n) is 5.95. The lowest BCUT2D eigenvalue weighted by molar-refractivity contribution is 0.905. The van der Waals surface area contributed by atoms with Gasteiger partial charge in [0.1, 0.15) is 0 Å². The Hall–Kier alpha value is -2.14. The molecule has 0 atom stereocenters. The molecule has 1 aromatic carbocycles. The molecule has 0 saturated heterocycles. The van der Waals surface area contributed by atoms with Crippen molar-refractivity contribution in [2.75, 3.05) is 5.32 Å². The molecule has 2 aromatic heterocycles. The van der Waals surface area contributed by atoms with Crippen molar-refractivity contribution in [3.63, 3.8) is 0 Å². The first-order valence-corrected chi connectivity index (χ1v) is 6.90. The molecule has 3 rings (SSSR count). The number of para-hydroxylation sites is 1. The van der Waals surface area contributed by atoms with Gasteiger partial charge in [-0.1, -0.05) is 18.2 Å². The molecule has 0 aliphatic rings. The van der Waals surface area contributed by atoms with Crippen molar-refractivity contribution in [1.29, 1.82) is 0 Å². The van der Waals surface area contributed by atoms with Gasteiger partial charge in [0, 0.05) is 29.6 Å². The van der Waals surface area contributed by atoms with Gasteiger partial charge in [0.25, 0.3) is 5.56 Å². The number of rotatable bonds is 3. The smallest absolute Gasteiger partial charge is 0.252 e. The predicted molar refractivity (Wildman–Crippen MR) is 78.6 cm³/mol. The quantitative estimate of drug-likeness (QED) is 0.796. The number of pyridine rings is 1. The third kappa shape index (κ3) is 2.24. The van der Waals surface area contributed by atoms with E-state index < -0.39 is 0 Å². The van der Waals surface area contributed by atoms with E-state index in [-0.39, 0.29) is 5.56 Å². The van der Waals surface area contributed by atoms with Gasteiger partial charge in [-0.25, -0.2) is 4.98 Å². The fraction of sp³-hybridized carbons (Fsp3) is 0.143. The van der Waals surface area contributed by atoms with Crippen LogP contribution < -0.4 is 10.9 Å². The van der Waals surface area contributed by atoms with Gasteiger partial charge in [-0.3, -0.25) is 4.79 Å². The normalized spacial score (nSPS) is 10.8. The fourth-order valence-corrected chi connectivity index (χ4v) is 2.63. The average Bonchev–Trinajstić information content (AvgIpc) is 2.95. The summed E-state index contributed by atoms with van der Waals surface area (Å²) in [5.74, 6) is 0. The average molecular weight is 271 g/mol. The molecule has 0 aliphatic heterocycles. The lowest BCUT2D eigenvalue weighted by Crippen LogP contribution is -2.17. The molecule has 0 saturated carbocycles.